The number of nitrogens with one attached hydrogen (secondary N) is 2. The van der Waals surface area contributed by atoms with Gasteiger partial charge in [0.1, 0.15) is 0 Å². The summed E-state index contributed by atoms with van der Waals surface area (Å²) in [6, 6.07) is 9.18. The molecule has 6 nitrogen and oxygen atoms in total. The summed E-state index contributed by atoms with van der Waals surface area (Å²) in [7, 11) is 0. The van der Waals surface area contributed by atoms with Crippen molar-refractivity contribution in [2.75, 3.05) is 5.32 Å². The number of carbonyl (C=O) groups excluding carboxylic acids is 1. The van der Waals surface area contributed by atoms with Crippen molar-refractivity contribution in [1.29, 1.82) is 5.26 Å². The lowest BCUT2D eigenvalue weighted by Gasteiger charge is -2.11. The molecule has 0 aliphatic rings. The van der Waals surface area contributed by atoms with E-state index < -0.39 is 0 Å². The number of amides is 1. The number of rotatable bonds is 5. The normalized spacial score (nSPS) is 11.3. The number of hydrogen-bond donors (Lipinski definition) is 2. The van der Waals surface area contributed by atoms with E-state index in [0.29, 0.717) is 17.1 Å². The number of aromatic nitrogens is 2. The Bertz CT molecular complexity index is 690. The number of carbonyl (C=O) groups is 1. The van der Waals surface area contributed by atoms with Crippen molar-refractivity contribution in [2.24, 2.45) is 0 Å². The van der Waals surface area contributed by atoms with E-state index in [1.165, 1.54) is 12.4 Å². The van der Waals surface area contributed by atoms with Gasteiger partial charge in [-0.2, -0.15) is 5.26 Å². The Hall–Kier alpha value is -2.94. The van der Waals surface area contributed by atoms with E-state index in [4.69, 9.17) is 5.26 Å². The van der Waals surface area contributed by atoms with Crippen molar-refractivity contribution in [2.45, 2.75) is 26.3 Å². The van der Waals surface area contributed by atoms with Gasteiger partial charge >= 0.3 is 0 Å². The minimum Gasteiger partial charge on any atom is -0.350 e. The molecule has 1 heterocycles. The molecule has 2 aromatic rings. The first-order valence-corrected chi connectivity index (χ1v) is 7.02. The first-order valence-electron chi connectivity index (χ1n) is 7.02. The Morgan fingerprint density at radius 3 is 2.73 bits per heavy atom. The highest BCUT2D eigenvalue weighted by atomic mass is 16.1. The Balaban J connectivity index is 2.05. The van der Waals surface area contributed by atoms with Gasteiger partial charge in [-0.1, -0.05) is 13.0 Å². The van der Waals surface area contributed by atoms with Gasteiger partial charge in [-0.25, -0.2) is 9.97 Å². The molecular formula is C16H17N5O. The molecule has 1 unspecified atom stereocenters. The van der Waals surface area contributed by atoms with Crippen molar-refractivity contribution in [3.8, 4) is 6.07 Å². The van der Waals surface area contributed by atoms with Crippen LogP contribution in [0.3, 0.4) is 0 Å². The summed E-state index contributed by atoms with van der Waals surface area (Å²) in [5.41, 5.74) is 1.68. The summed E-state index contributed by atoms with van der Waals surface area (Å²) in [6.45, 7) is 3.95. The van der Waals surface area contributed by atoms with Crippen molar-refractivity contribution >= 4 is 17.5 Å². The molecule has 0 aliphatic heterocycles. The van der Waals surface area contributed by atoms with Crippen molar-refractivity contribution < 1.29 is 4.79 Å². The van der Waals surface area contributed by atoms with Gasteiger partial charge in [-0.3, -0.25) is 4.79 Å². The molecule has 112 valence electrons. The molecule has 0 fully saturated rings. The Morgan fingerprint density at radius 1 is 1.36 bits per heavy atom. The van der Waals surface area contributed by atoms with Gasteiger partial charge in [0.25, 0.3) is 5.91 Å². The summed E-state index contributed by atoms with van der Waals surface area (Å²) >= 11 is 0. The van der Waals surface area contributed by atoms with Gasteiger partial charge in [0.2, 0.25) is 5.95 Å². The third kappa shape index (κ3) is 4.03. The van der Waals surface area contributed by atoms with Gasteiger partial charge in [0, 0.05) is 24.1 Å². The monoisotopic (exact) mass is 295 g/mol. The maximum absolute atomic E-state index is 11.9. The van der Waals surface area contributed by atoms with Crippen LogP contribution in [0.5, 0.6) is 0 Å². The van der Waals surface area contributed by atoms with E-state index in [9.17, 15) is 4.79 Å². The standard InChI is InChI=1S/C16H17N5O/c1-3-11(2)20-15(22)13-9-18-16(19-10-13)21-14-6-4-5-12(7-14)8-17/h4-7,9-11H,3H2,1-2H3,(H,20,22)(H,18,19,21). The Labute approximate surface area is 129 Å². The molecule has 22 heavy (non-hydrogen) atoms. The van der Waals surface area contributed by atoms with Crippen LogP contribution in [0.1, 0.15) is 36.2 Å². The topological polar surface area (TPSA) is 90.7 Å². The lowest BCUT2D eigenvalue weighted by atomic mass is 10.2. The summed E-state index contributed by atoms with van der Waals surface area (Å²) in [5, 5.41) is 14.7. The zero-order valence-corrected chi connectivity index (χ0v) is 12.5. The zero-order valence-electron chi connectivity index (χ0n) is 12.5. The molecule has 0 radical (unpaired) electrons. The lowest BCUT2D eigenvalue weighted by molar-refractivity contribution is 0.0938. The second kappa shape index (κ2) is 7.18. The molecule has 0 bridgehead atoms. The number of anilines is 2. The highest BCUT2D eigenvalue weighted by Gasteiger charge is 2.09. The van der Waals surface area contributed by atoms with Crippen LogP contribution in [0.4, 0.5) is 11.6 Å². The van der Waals surface area contributed by atoms with Crippen LogP contribution in [0.2, 0.25) is 0 Å². The quantitative estimate of drug-likeness (QED) is 0.884. The highest BCUT2D eigenvalue weighted by molar-refractivity contribution is 5.93. The van der Waals surface area contributed by atoms with Crippen LogP contribution in [-0.2, 0) is 0 Å². The van der Waals surface area contributed by atoms with E-state index in [0.717, 1.165) is 12.1 Å². The fraction of sp³-hybridized carbons (Fsp3) is 0.250. The molecule has 2 N–H and O–H groups in total. The summed E-state index contributed by atoms with van der Waals surface area (Å²) in [6.07, 6.45) is 3.81. The first kappa shape index (κ1) is 15.4. The van der Waals surface area contributed by atoms with Gasteiger partial charge in [0.15, 0.2) is 0 Å². The zero-order chi connectivity index (χ0) is 15.9. The summed E-state index contributed by atoms with van der Waals surface area (Å²) < 4.78 is 0. The number of benzene rings is 1. The Kier molecular flexibility index (Phi) is 5.04. The maximum Gasteiger partial charge on any atom is 0.254 e. The molecule has 1 aromatic heterocycles. The number of nitrogens with zero attached hydrogens (tertiary/aromatic N) is 3. The molecule has 1 atom stereocenters. The molecule has 0 saturated heterocycles. The number of hydrogen-bond acceptors (Lipinski definition) is 5. The fourth-order valence-corrected chi connectivity index (χ4v) is 1.71. The predicted octanol–water partition coefficient (Wildman–Crippen LogP) is 2.62. The molecule has 0 saturated carbocycles. The molecule has 6 heteroatoms. The van der Waals surface area contributed by atoms with Crippen LogP contribution in [0.15, 0.2) is 36.7 Å². The number of nitriles is 1. The largest absolute Gasteiger partial charge is 0.350 e. The third-order valence-electron chi connectivity index (χ3n) is 3.15. The molecule has 1 amide bonds. The second-order valence-electron chi connectivity index (χ2n) is 4.90. The summed E-state index contributed by atoms with van der Waals surface area (Å²) in [4.78, 5) is 20.2. The van der Waals surface area contributed by atoms with Crippen LogP contribution in [-0.4, -0.2) is 21.9 Å². The first-order chi connectivity index (χ1) is 10.6. The average molecular weight is 295 g/mol. The van der Waals surface area contributed by atoms with Crippen LogP contribution < -0.4 is 10.6 Å². The minimum absolute atomic E-state index is 0.110. The van der Waals surface area contributed by atoms with Crippen molar-refractivity contribution in [3.05, 3.63) is 47.8 Å². The molecular weight excluding hydrogens is 278 g/mol. The third-order valence-corrected chi connectivity index (χ3v) is 3.15. The predicted molar refractivity (Wildman–Crippen MR) is 83.7 cm³/mol. The van der Waals surface area contributed by atoms with E-state index in [1.807, 2.05) is 19.9 Å². The lowest BCUT2D eigenvalue weighted by Crippen LogP contribution is -2.32. The minimum atomic E-state index is -0.188. The maximum atomic E-state index is 11.9. The average Bonchev–Trinajstić information content (AvgIpc) is 2.55. The van der Waals surface area contributed by atoms with E-state index in [-0.39, 0.29) is 11.9 Å². The molecule has 1 aromatic carbocycles. The van der Waals surface area contributed by atoms with Crippen LogP contribution in [0.25, 0.3) is 0 Å². The molecule has 0 aliphatic carbocycles. The van der Waals surface area contributed by atoms with Crippen LogP contribution in [0, 0.1) is 11.3 Å². The molecule has 2 rings (SSSR count). The SMILES string of the molecule is CCC(C)NC(=O)c1cnc(Nc2cccc(C#N)c2)nc1. The van der Waals surface area contributed by atoms with Crippen molar-refractivity contribution in [1.82, 2.24) is 15.3 Å². The van der Waals surface area contributed by atoms with Gasteiger partial charge < -0.3 is 10.6 Å². The van der Waals surface area contributed by atoms with Crippen molar-refractivity contribution in [3.63, 3.8) is 0 Å². The van der Waals surface area contributed by atoms with E-state index in [2.05, 4.69) is 26.7 Å². The van der Waals surface area contributed by atoms with Gasteiger partial charge in [-0.05, 0) is 31.5 Å². The highest BCUT2D eigenvalue weighted by Crippen LogP contribution is 2.14. The smallest absolute Gasteiger partial charge is 0.254 e. The van der Waals surface area contributed by atoms with Gasteiger partial charge in [0.05, 0.1) is 17.2 Å². The fourth-order valence-electron chi connectivity index (χ4n) is 1.71. The van der Waals surface area contributed by atoms with E-state index >= 15 is 0 Å². The Morgan fingerprint density at radius 2 is 2.09 bits per heavy atom. The second-order valence-corrected chi connectivity index (χ2v) is 4.90. The summed E-state index contributed by atoms with van der Waals surface area (Å²) in [5.74, 6) is 0.183. The van der Waals surface area contributed by atoms with E-state index in [1.54, 1.807) is 18.2 Å². The molecule has 0 spiro atoms. The van der Waals surface area contributed by atoms with Gasteiger partial charge in [-0.15, -0.1) is 0 Å². The van der Waals surface area contributed by atoms with Crippen LogP contribution >= 0.6 is 0 Å².